The molecule has 0 amide bonds. The maximum absolute atomic E-state index is 5.98. The molecular formula is C38H25NO. The van der Waals surface area contributed by atoms with Crippen molar-refractivity contribution >= 4 is 54.9 Å². The highest BCUT2D eigenvalue weighted by molar-refractivity contribution is 6.06. The third-order valence-electron chi connectivity index (χ3n) is 7.83. The zero-order chi connectivity index (χ0) is 26.5. The third-order valence-corrected chi connectivity index (χ3v) is 7.83. The first-order chi connectivity index (χ1) is 19.8. The van der Waals surface area contributed by atoms with Gasteiger partial charge in [-0.1, -0.05) is 97.1 Å². The molecule has 2 nitrogen and oxygen atoms in total. The monoisotopic (exact) mass is 511 g/mol. The van der Waals surface area contributed by atoms with Crippen molar-refractivity contribution in [2.75, 3.05) is 5.32 Å². The standard InChI is InChI=1S/C38H25NO/c1-2-7-28-22-30(15-12-25(28)6-1)33-10-5-8-27-13-14-29(23-35(27)33)26-16-18-31(19-17-26)39-32-20-21-38-36(24-32)34-9-3-4-11-37(34)40-38/h1-24,39H. The number of nitrogens with one attached hydrogen (secondary N) is 1. The van der Waals surface area contributed by atoms with E-state index in [-0.39, 0.29) is 0 Å². The van der Waals surface area contributed by atoms with Gasteiger partial charge in [0.25, 0.3) is 0 Å². The largest absolute Gasteiger partial charge is 0.456 e. The lowest BCUT2D eigenvalue weighted by Gasteiger charge is -2.11. The van der Waals surface area contributed by atoms with E-state index in [1.807, 2.05) is 24.3 Å². The van der Waals surface area contributed by atoms with Gasteiger partial charge < -0.3 is 9.73 Å². The van der Waals surface area contributed by atoms with E-state index in [0.717, 1.165) is 33.3 Å². The van der Waals surface area contributed by atoms with E-state index in [0.29, 0.717) is 0 Å². The van der Waals surface area contributed by atoms with Crippen molar-refractivity contribution in [1.82, 2.24) is 0 Å². The molecule has 0 radical (unpaired) electrons. The minimum atomic E-state index is 0.904. The predicted molar refractivity (Wildman–Crippen MR) is 169 cm³/mol. The number of benzene rings is 7. The molecule has 0 aliphatic rings. The number of hydrogen-bond donors (Lipinski definition) is 1. The van der Waals surface area contributed by atoms with Gasteiger partial charge in [0, 0.05) is 22.1 Å². The lowest BCUT2D eigenvalue weighted by molar-refractivity contribution is 0.669. The summed E-state index contributed by atoms with van der Waals surface area (Å²) in [6.07, 6.45) is 0. The Morgan fingerprint density at radius 1 is 0.375 bits per heavy atom. The molecular weight excluding hydrogens is 486 g/mol. The predicted octanol–water partition coefficient (Wildman–Crippen LogP) is 11.0. The summed E-state index contributed by atoms with van der Waals surface area (Å²) in [5.74, 6) is 0. The van der Waals surface area contributed by atoms with Gasteiger partial charge in [0.15, 0.2) is 0 Å². The molecule has 0 bridgehead atoms. The summed E-state index contributed by atoms with van der Waals surface area (Å²) in [6, 6.07) is 51.7. The average molecular weight is 512 g/mol. The summed E-state index contributed by atoms with van der Waals surface area (Å²) in [4.78, 5) is 0. The third kappa shape index (κ3) is 3.90. The Hall–Kier alpha value is -5.34. The van der Waals surface area contributed by atoms with E-state index >= 15 is 0 Å². The van der Waals surface area contributed by atoms with Crippen molar-refractivity contribution in [3.05, 3.63) is 146 Å². The molecule has 7 aromatic carbocycles. The summed E-state index contributed by atoms with van der Waals surface area (Å²) in [5, 5.41) is 10.8. The van der Waals surface area contributed by atoms with Gasteiger partial charge in [-0.15, -0.1) is 0 Å². The fraction of sp³-hybridized carbons (Fsp3) is 0. The Labute approximate surface area is 232 Å². The highest BCUT2D eigenvalue weighted by Gasteiger charge is 2.09. The highest BCUT2D eigenvalue weighted by atomic mass is 16.3. The van der Waals surface area contributed by atoms with E-state index < -0.39 is 0 Å². The second kappa shape index (κ2) is 9.14. The molecule has 1 heterocycles. The zero-order valence-corrected chi connectivity index (χ0v) is 21.8. The summed E-state index contributed by atoms with van der Waals surface area (Å²) in [7, 11) is 0. The molecule has 0 unspecified atom stereocenters. The van der Waals surface area contributed by atoms with Crippen LogP contribution in [0.1, 0.15) is 0 Å². The van der Waals surface area contributed by atoms with Crippen molar-refractivity contribution < 1.29 is 4.42 Å². The van der Waals surface area contributed by atoms with Crippen LogP contribution in [0, 0.1) is 0 Å². The molecule has 1 N–H and O–H groups in total. The average Bonchev–Trinajstić information content (AvgIpc) is 3.39. The molecule has 1 aromatic heterocycles. The van der Waals surface area contributed by atoms with Gasteiger partial charge in [-0.3, -0.25) is 0 Å². The first-order valence-corrected chi connectivity index (χ1v) is 13.6. The van der Waals surface area contributed by atoms with E-state index in [9.17, 15) is 0 Å². The van der Waals surface area contributed by atoms with Gasteiger partial charge in [-0.25, -0.2) is 0 Å². The van der Waals surface area contributed by atoms with Crippen LogP contribution >= 0.6 is 0 Å². The molecule has 0 saturated heterocycles. The number of hydrogen-bond acceptors (Lipinski definition) is 2. The van der Waals surface area contributed by atoms with Crippen LogP contribution in [0.15, 0.2) is 150 Å². The van der Waals surface area contributed by atoms with Gasteiger partial charge in [-0.2, -0.15) is 0 Å². The number of fused-ring (bicyclic) bond motifs is 5. The number of rotatable bonds is 4. The number of para-hydroxylation sites is 1. The van der Waals surface area contributed by atoms with Gasteiger partial charge in [0.2, 0.25) is 0 Å². The van der Waals surface area contributed by atoms with Crippen LogP contribution < -0.4 is 5.32 Å². The van der Waals surface area contributed by atoms with Crippen molar-refractivity contribution in [2.24, 2.45) is 0 Å². The molecule has 8 aromatic rings. The van der Waals surface area contributed by atoms with E-state index in [4.69, 9.17) is 4.42 Å². The van der Waals surface area contributed by atoms with Gasteiger partial charge >= 0.3 is 0 Å². The molecule has 188 valence electrons. The molecule has 0 atom stereocenters. The van der Waals surface area contributed by atoms with Crippen LogP contribution in [0.2, 0.25) is 0 Å². The van der Waals surface area contributed by atoms with Crippen LogP contribution in [0.25, 0.3) is 65.7 Å². The van der Waals surface area contributed by atoms with Crippen molar-refractivity contribution in [1.29, 1.82) is 0 Å². The number of anilines is 2. The Balaban J connectivity index is 1.12. The maximum Gasteiger partial charge on any atom is 0.135 e. The van der Waals surface area contributed by atoms with Crippen LogP contribution in [-0.4, -0.2) is 0 Å². The lowest BCUT2D eigenvalue weighted by atomic mass is 9.93. The minimum absolute atomic E-state index is 0.904. The summed E-state index contributed by atoms with van der Waals surface area (Å²) in [6.45, 7) is 0. The van der Waals surface area contributed by atoms with Gasteiger partial charge in [0.1, 0.15) is 11.2 Å². The molecule has 0 saturated carbocycles. The zero-order valence-electron chi connectivity index (χ0n) is 21.8. The molecule has 2 heteroatoms. The van der Waals surface area contributed by atoms with E-state index in [2.05, 4.69) is 127 Å². The fourth-order valence-corrected chi connectivity index (χ4v) is 5.78. The number of furan rings is 1. The highest BCUT2D eigenvalue weighted by Crippen LogP contribution is 2.35. The smallest absolute Gasteiger partial charge is 0.135 e. The topological polar surface area (TPSA) is 25.2 Å². The maximum atomic E-state index is 5.98. The van der Waals surface area contributed by atoms with Gasteiger partial charge in [-0.05, 0) is 92.3 Å². The molecule has 0 fully saturated rings. The van der Waals surface area contributed by atoms with Crippen molar-refractivity contribution in [3.63, 3.8) is 0 Å². The van der Waals surface area contributed by atoms with Crippen molar-refractivity contribution in [2.45, 2.75) is 0 Å². The molecule has 0 aliphatic heterocycles. The van der Waals surface area contributed by atoms with Crippen LogP contribution in [-0.2, 0) is 0 Å². The molecule has 0 aliphatic carbocycles. The Kier molecular flexibility index (Phi) is 5.17. The molecule has 40 heavy (non-hydrogen) atoms. The van der Waals surface area contributed by atoms with Crippen LogP contribution in [0.5, 0.6) is 0 Å². The Morgan fingerprint density at radius 2 is 1.07 bits per heavy atom. The van der Waals surface area contributed by atoms with Crippen LogP contribution in [0.3, 0.4) is 0 Å². The van der Waals surface area contributed by atoms with Crippen molar-refractivity contribution in [3.8, 4) is 22.3 Å². The Bertz CT molecular complexity index is 2190. The quantitative estimate of drug-likeness (QED) is 0.254. The van der Waals surface area contributed by atoms with Crippen LogP contribution in [0.4, 0.5) is 11.4 Å². The fourth-order valence-electron chi connectivity index (χ4n) is 5.78. The second-order valence-electron chi connectivity index (χ2n) is 10.3. The first-order valence-electron chi connectivity index (χ1n) is 13.6. The normalized spacial score (nSPS) is 11.5. The molecule has 8 rings (SSSR count). The summed E-state index contributed by atoms with van der Waals surface area (Å²) >= 11 is 0. The van der Waals surface area contributed by atoms with E-state index in [1.165, 1.54) is 43.8 Å². The molecule has 0 spiro atoms. The van der Waals surface area contributed by atoms with E-state index in [1.54, 1.807) is 0 Å². The van der Waals surface area contributed by atoms with Gasteiger partial charge in [0.05, 0.1) is 0 Å². The minimum Gasteiger partial charge on any atom is -0.456 e. The summed E-state index contributed by atoms with van der Waals surface area (Å²) < 4.78 is 5.98. The Morgan fingerprint density at radius 3 is 2.00 bits per heavy atom. The SMILES string of the molecule is c1ccc2cc(-c3cccc4ccc(-c5ccc(Nc6ccc7oc8ccccc8c7c6)cc5)cc34)ccc2c1. The lowest BCUT2D eigenvalue weighted by Crippen LogP contribution is -1.90. The summed E-state index contributed by atoms with van der Waals surface area (Å²) in [5.41, 5.74) is 8.80. The first kappa shape index (κ1) is 22.6. The second-order valence-corrected chi connectivity index (χ2v) is 10.3.